The van der Waals surface area contributed by atoms with Crippen molar-refractivity contribution in [3.8, 4) is 11.5 Å². The van der Waals surface area contributed by atoms with E-state index in [0.717, 1.165) is 25.2 Å². The summed E-state index contributed by atoms with van der Waals surface area (Å²) in [5.41, 5.74) is 4.13. The van der Waals surface area contributed by atoms with Crippen LogP contribution in [-0.4, -0.2) is 29.7 Å². The average Bonchev–Trinajstić information content (AvgIpc) is 2.77. The van der Waals surface area contributed by atoms with Gasteiger partial charge in [-0.05, 0) is 45.4 Å². The highest BCUT2D eigenvalue weighted by Gasteiger charge is 2.31. The summed E-state index contributed by atoms with van der Waals surface area (Å²) in [6.07, 6.45) is 9.84. The van der Waals surface area contributed by atoms with Crippen molar-refractivity contribution in [2.24, 2.45) is 5.92 Å². The van der Waals surface area contributed by atoms with E-state index in [-0.39, 0.29) is 23.0 Å². The molecule has 1 heterocycles. The van der Waals surface area contributed by atoms with Crippen molar-refractivity contribution >= 4 is 17.3 Å². The fraction of sp³-hybridized carbons (Fsp3) is 0.444. The number of allylic oxidation sites excluding steroid dienone is 3. The maximum absolute atomic E-state index is 13.1. The largest absolute Gasteiger partial charge is 0.508 e. The van der Waals surface area contributed by atoms with Crippen molar-refractivity contribution in [2.75, 3.05) is 23.4 Å². The van der Waals surface area contributed by atoms with E-state index in [1.807, 2.05) is 6.08 Å². The van der Waals surface area contributed by atoms with E-state index in [9.17, 15) is 15.0 Å². The third kappa shape index (κ3) is 6.28. The molecular formula is C27H38N2O3. The van der Waals surface area contributed by atoms with Gasteiger partial charge in [-0.1, -0.05) is 56.7 Å². The van der Waals surface area contributed by atoms with E-state index in [1.165, 1.54) is 41.0 Å². The first kappa shape index (κ1) is 25.3. The Morgan fingerprint density at radius 2 is 1.75 bits per heavy atom. The van der Waals surface area contributed by atoms with Crippen LogP contribution in [-0.2, 0) is 4.79 Å². The highest BCUT2D eigenvalue weighted by Crippen LogP contribution is 2.45. The summed E-state index contributed by atoms with van der Waals surface area (Å²) in [7, 11) is 1.72. The molecule has 1 aromatic carbocycles. The van der Waals surface area contributed by atoms with Crippen molar-refractivity contribution in [3.63, 3.8) is 0 Å². The van der Waals surface area contributed by atoms with Crippen LogP contribution in [0.2, 0.25) is 0 Å². The first-order valence-electron chi connectivity index (χ1n) is 11.3. The van der Waals surface area contributed by atoms with Gasteiger partial charge in [-0.2, -0.15) is 0 Å². The Labute approximate surface area is 193 Å². The number of nitrogens with zero attached hydrogens (tertiary/aromatic N) is 2. The second-order valence-electron chi connectivity index (χ2n) is 9.16. The summed E-state index contributed by atoms with van der Waals surface area (Å²) >= 11 is 0. The van der Waals surface area contributed by atoms with Gasteiger partial charge in [0.25, 0.3) is 5.91 Å². The maximum atomic E-state index is 13.1. The van der Waals surface area contributed by atoms with E-state index in [4.69, 9.17) is 0 Å². The zero-order valence-electron chi connectivity index (χ0n) is 20.2. The number of phenols is 2. The summed E-state index contributed by atoms with van der Waals surface area (Å²) < 4.78 is 0. The van der Waals surface area contributed by atoms with Crippen LogP contribution >= 0.6 is 0 Å². The fourth-order valence-electron chi connectivity index (χ4n) is 3.84. The molecule has 0 bridgehead atoms. The smallest absolute Gasteiger partial charge is 0.260 e. The van der Waals surface area contributed by atoms with E-state index >= 15 is 0 Å². The third-order valence-electron chi connectivity index (χ3n) is 5.94. The average molecular weight is 439 g/mol. The summed E-state index contributed by atoms with van der Waals surface area (Å²) in [4.78, 5) is 16.3. The molecule has 0 aromatic heterocycles. The molecule has 0 saturated heterocycles. The number of carbonyl (C=O) groups excluding carboxylic acids is 1. The lowest BCUT2D eigenvalue weighted by Gasteiger charge is -2.24. The lowest BCUT2D eigenvalue weighted by atomic mass is 10.0. The summed E-state index contributed by atoms with van der Waals surface area (Å²) in [5.74, 6) is 0.228. The maximum Gasteiger partial charge on any atom is 0.260 e. The number of likely N-dealkylation sites (N-methyl/N-ethyl adjacent to an activating group) is 1. The molecule has 32 heavy (non-hydrogen) atoms. The van der Waals surface area contributed by atoms with Gasteiger partial charge in [-0.15, -0.1) is 0 Å². The van der Waals surface area contributed by atoms with Gasteiger partial charge in [-0.25, -0.2) is 0 Å². The van der Waals surface area contributed by atoms with Crippen molar-refractivity contribution in [1.29, 1.82) is 0 Å². The van der Waals surface area contributed by atoms with E-state index in [2.05, 4.69) is 46.9 Å². The molecule has 2 N–H and O–H groups in total. The zero-order valence-corrected chi connectivity index (χ0v) is 20.2. The van der Waals surface area contributed by atoms with Crippen LogP contribution in [0.25, 0.3) is 0 Å². The summed E-state index contributed by atoms with van der Waals surface area (Å²) in [5, 5.41) is 20.5. The fourth-order valence-corrected chi connectivity index (χ4v) is 3.84. The molecule has 1 aromatic rings. The summed E-state index contributed by atoms with van der Waals surface area (Å²) in [6, 6.07) is 2.75. The number of hydrogen-bond acceptors (Lipinski definition) is 4. The molecule has 0 atom stereocenters. The van der Waals surface area contributed by atoms with Gasteiger partial charge in [-0.3, -0.25) is 4.79 Å². The molecular weight excluding hydrogens is 400 g/mol. The number of amides is 1. The van der Waals surface area contributed by atoms with Gasteiger partial charge in [0.05, 0.1) is 11.3 Å². The minimum Gasteiger partial charge on any atom is -0.508 e. The van der Waals surface area contributed by atoms with E-state index in [1.54, 1.807) is 11.9 Å². The minimum absolute atomic E-state index is 0.107. The second kappa shape index (κ2) is 11.1. The molecule has 0 unspecified atom stereocenters. The second-order valence-corrected chi connectivity index (χ2v) is 9.16. The normalized spacial score (nSPS) is 15.5. The number of carbonyl (C=O) groups is 1. The van der Waals surface area contributed by atoms with Crippen molar-refractivity contribution in [1.82, 2.24) is 0 Å². The number of fused-ring (bicyclic) bond motifs is 1. The predicted octanol–water partition coefficient (Wildman–Crippen LogP) is 6.45. The van der Waals surface area contributed by atoms with Gasteiger partial charge in [0, 0.05) is 31.4 Å². The topological polar surface area (TPSA) is 64.0 Å². The van der Waals surface area contributed by atoms with Crippen LogP contribution in [0, 0.1) is 5.92 Å². The summed E-state index contributed by atoms with van der Waals surface area (Å²) in [6.45, 7) is 16.9. The number of phenolic OH excluding ortho intramolecular Hbond substituents is 2. The molecule has 2 rings (SSSR count). The molecule has 0 saturated carbocycles. The monoisotopic (exact) mass is 438 g/mol. The third-order valence-corrected chi connectivity index (χ3v) is 5.94. The van der Waals surface area contributed by atoms with Crippen molar-refractivity contribution in [3.05, 3.63) is 59.9 Å². The van der Waals surface area contributed by atoms with Gasteiger partial charge < -0.3 is 20.0 Å². The molecule has 0 radical (unpaired) electrons. The molecule has 1 aliphatic rings. The number of benzene rings is 1. The van der Waals surface area contributed by atoms with Gasteiger partial charge >= 0.3 is 0 Å². The molecule has 5 nitrogen and oxygen atoms in total. The van der Waals surface area contributed by atoms with Crippen molar-refractivity contribution in [2.45, 2.75) is 59.8 Å². The highest BCUT2D eigenvalue weighted by molar-refractivity contribution is 6.13. The van der Waals surface area contributed by atoms with Crippen LogP contribution in [0.5, 0.6) is 11.5 Å². The van der Waals surface area contributed by atoms with Crippen LogP contribution in [0.3, 0.4) is 0 Å². The van der Waals surface area contributed by atoms with E-state index in [0.29, 0.717) is 23.6 Å². The zero-order chi connectivity index (χ0) is 24.0. The minimum atomic E-state index is -0.296. The predicted molar refractivity (Wildman–Crippen MR) is 134 cm³/mol. The Morgan fingerprint density at radius 1 is 1.09 bits per heavy atom. The quantitative estimate of drug-likeness (QED) is 0.343. The molecule has 0 spiro atoms. The number of rotatable bonds is 9. The molecule has 1 amide bonds. The van der Waals surface area contributed by atoms with Crippen LogP contribution in [0.4, 0.5) is 11.4 Å². The SMILES string of the molecule is C=C1C(=C)N(C)c2c(O)cc(O)cc2N(C/C=C(\C)CC/C=C(\C)CCCC(C)C)C1=O. The van der Waals surface area contributed by atoms with Gasteiger partial charge in [0.15, 0.2) is 0 Å². The number of hydrogen-bond donors (Lipinski definition) is 2. The number of aromatic hydroxyl groups is 2. The Balaban J connectivity index is 2.14. The molecule has 0 fully saturated rings. The van der Waals surface area contributed by atoms with Crippen LogP contribution < -0.4 is 9.80 Å². The Hall–Kier alpha value is -2.95. The Morgan fingerprint density at radius 3 is 2.41 bits per heavy atom. The van der Waals surface area contributed by atoms with Gasteiger partial charge in [0.2, 0.25) is 0 Å². The van der Waals surface area contributed by atoms with Gasteiger partial charge in [0.1, 0.15) is 17.2 Å². The lowest BCUT2D eigenvalue weighted by molar-refractivity contribution is -0.114. The molecule has 1 aliphatic heterocycles. The van der Waals surface area contributed by atoms with Crippen molar-refractivity contribution < 1.29 is 15.0 Å². The van der Waals surface area contributed by atoms with Crippen LogP contribution in [0.1, 0.15) is 59.8 Å². The first-order valence-corrected chi connectivity index (χ1v) is 11.3. The first-order chi connectivity index (χ1) is 15.0. The lowest BCUT2D eigenvalue weighted by Crippen LogP contribution is -2.31. The Bertz CT molecular complexity index is 940. The Kier molecular flexibility index (Phi) is 8.76. The molecule has 174 valence electrons. The molecule has 0 aliphatic carbocycles. The number of anilines is 2. The van der Waals surface area contributed by atoms with Crippen LogP contribution in [0.15, 0.2) is 59.9 Å². The van der Waals surface area contributed by atoms with E-state index < -0.39 is 0 Å². The molecule has 5 heteroatoms. The highest BCUT2D eigenvalue weighted by atomic mass is 16.3. The standard InChI is InChI=1S/C27H38N2O3/c1-18(2)10-8-11-19(3)12-9-13-20(4)14-15-29-24-16-23(30)17-25(31)26(24)28(7)22(6)21(5)27(29)32/h12,14,16-18,30-31H,5-6,8-11,13,15H2,1-4,7H3/b19-12+,20-14+.